The minimum atomic E-state index is -0.913. The number of amides is 1. The lowest BCUT2D eigenvalue weighted by Gasteiger charge is -2.34. The average Bonchev–Trinajstić information content (AvgIpc) is 2.70. The monoisotopic (exact) mass is 385 g/mol. The number of nitrogens with zero attached hydrogens (tertiary/aromatic N) is 2. The number of carboxylic acid groups (broad SMARTS) is 1. The molecule has 0 radical (unpaired) electrons. The fourth-order valence-corrected chi connectivity index (χ4v) is 3.30. The van der Waals surface area contributed by atoms with E-state index in [-0.39, 0.29) is 5.56 Å². The average molecular weight is 385 g/mol. The van der Waals surface area contributed by atoms with E-state index in [1.807, 2.05) is 6.07 Å². The van der Waals surface area contributed by atoms with Gasteiger partial charge in [-0.1, -0.05) is 24.3 Å². The summed E-state index contributed by atoms with van der Waals surface area (Å²) in [5.41, 5.74) is 1.36. The zero-order valence-corrected chi connectivity index (χ0v) is 15.6. The molecule has 1 amide bonds. The number of carboxylic acids is 1. The third-order valence-electron chi connectivity index (χ3n) is 4.88. The summed E-state index contributed by atoms with van der Waals surface area (Å²) in [5, 5.41) is 11.9. The zero-order chi connectivity index (χ0) is 19.9. The number of hydrogen-bond donors (Lipinski definition) is 2. The Morgan fingerprint density at radius 3 is 2.43 bits per heavy atom. The molecule has 0 saturated carbocycles. The molecule has 2 N–H and O–H groups in total. The summed E-state index contributed by atoms with van der Waals surface area (Å²) in [6.45, 7) is 5.38. The Balaban J connectivity index is 1.40. The maximum Gasteiger partial charge on any atom is 0.335 e. The van der Waals surface area contributed by atoms with Crippen LogP contribution in [-0.2, 0) is 6.54 Å². The van der Waals surface area contributed by atoms with Crippen LogP contribution >= 0.6 is 0 Å². The second kappa shape index (κ2) is 9.43. The van der Waals surface area contributed by atoms with Gasteiger partial charge in [-0.3, -0.25) is 14.6 Å². The molecule has 6 nitrogen and oxygen atoms in total. The second-order valence-electron chi connectivity index (χ2n) is 6.86. The van der Waals surface area contributed by atoms with Gasteiger partial charge < -0.3 is 10.4 Å². The minimum Gasteiger partial charge on any atom is -0.478 e. The van der Waals surface area contributed by atoms with Crippen LogP contribution in [0.25, 0.3) is 0 Å². The van der Waals surface area contributed by atoms with Crippen molar-refractivity contribution in [3.63, 3.8) is 0 Å². The molecule has 1 saturated heterocycles. The van der Waals surface area contributed by atoms with Crippen LogP contribution in [0.3, 0.4) is 0 Å². The predicted octanol–water partition coefficient (Wildman–Crippen LogP) is 2.07. The number of nitrogens with one attached hydrogen (secondary N) is 1. The molecule has 1 aliphatic heterocycles. The molecular weight excluding hydrogens is 361 g/mol. The van der Waals surface area contributed by atoms with E-state index in [0.717, 1.165) is 38.3 Å². The van der Waals surface area contributed by atoms with Crippen LogP contribution in [0.4, 0.5) is 4.39 Å². The molecule has 0 aromatic heterocycles. The highest BCUT2D eigenvalue weighted by atomic mass is 19.1. The Hall–Kier alpha value is -2.77. The predicted molar refractivity (Wildman–Crippen MR) is 104 cm³/mol. The third-order valence-corrected chi connectivity index (χ3v) is 4.88. The maximum atomic E-state index is 13.6. The quantitative estimate of drug-likeness (QED) is 0.764. The first kappa shape index (κ1) is 20.0. The highest BCUT2D eigenvalue weighted by Crippen LogP contribution is 2.11. The number of carbonyl (C=O) groups is 2. The molecule has 28 heavy (non-hydrogen) atoms. The van der Waals surface area contributed by atoms with Crippen LogP contribution in [0.1, 0.15) is 26.3 Å². The number of benzene rings is 2. The molecular formula is C21H24FN3O3. The van der Waals surface area contributed by atoms with Crippen LogP contribution in [0, 0.1) is 5.82 Å². The van der Waals surface area contributed by atoms with Gasteiger partial charge >= 0.3 is 5.97 Å². The van der Waals surface area contributed by atoms with E-state index < -0.39 is 17.7 Å². The molecule has 0 unspecified atom stereocenters. The molecule has 0 atom stereocenters. The molecule has 1 fully saturated rings. The van der Waals surface area contributed by atoms with E-state index in [9.17, 15) is 14.0 Å². The van der Waals surface area contributed by atoms with Crippen molar-refractivity contribution in [1.29, 1.82) is 0 Å². The van der Waals surface area contributed by atoms with Crippen molar-refractivity contribution in [3.8, 4) is 0 Å². The summed E-state index contributed by atoms with van der Waals surface area (Å²) >= 11 is 0. The summed E-state index contributed by atoms with van der Waals surface area (Å²) in [4.78, 5) is 27.6. The lowest BCUT2D eigenvalue weighted by atomic mass is 10.1. The van der Waals surface area contributed by atoms with E-state index in [0.29, 0.717) is 18.7 Å². The van der Waals surface area contributed by atoms with Gasteiger partial charge in [0.1, 0.15) is 5.82 Å². The van der Waals surface area contributed by atoms with Gasteiger partial charge in [0.05, 0.1) is 11.1 Å². The van der Waals surface area contributed by atoms with E-state index >= 15 is 0 Å². The van der Waals surface area contributed by atoms with Gasteiger partial charge in [0, 0.05) is 45.8 Å². The molecule has 2 aromatic rings. The van der Waals surface area contributed by atoms with Crippen molar-refractivity contribution in [2.75, 3.05) is 39.3 Å². The Morgan fingerprint density at radius 2 is 1.71 bits per heavy atom. The first-order valence-corrected chi connectivity index (χ1v) is 9.32. The molecule has 7 heteroatoms. The third kappa shape index (κ3) is 5.37. The van der Waals surface area contributed by atoms with Gasteiger partial charge in [-0.2, -0.15) is 0 Å². The van der Waals surface area contributed by atoms with Crippen LogP contribution in [0.5, 0.6) is 0 Å². The van der Waals surface area contributed by atoms with Gasteiger partial charge in [-0.15, -0.1) is 0 Å². The fourth-order valence-electron chi connectivity index (χ4n) is 3.30. The number of carbonyl (C=O) groups excluding carboxylic acids is 1. The molecule has 0 aliphatic carbocycles. The summed E-state index contributed by atoms with van der Waals surface area (Å²) in [6.07, 6.45) is 0. The van der Waals surface area contributed by atoms with Gasteiger partial charge in [-0.05, 0) is 29.8 Å². The lowest BCUT2D eigenvalue weighted by molar-refractivity contribution is 0.0696. The zero-order valence-electron chi connectivity index (χ0n) is 15.6. The molecule has 2 aromatic carbocycles. The standard InChI is InChI=1S/C21H24FN3O3/c22-19-7-2-1-6-18(19)20(26)23-8-9-24-10-12-25(13-11-24)15-16-4-3-5-17(14-16)21(27)28/h1-7,14H,8-13,15H2,(H,23,26)(H,27,28). The second-order valence-corrected chi connectivity index (χ2v) is 6.86. The van der Waals surface area contributed by atoms with Crippen molar-refractivity contribution in [1.82, 2.24) is 15.1 Å². The highest BCUT2D eigenvalue weighted by molar-refractivity contribution is 5.94. The van der Waals surface area contributed by atoms with Crippen LogP contribution in [-0.4, -0.2) is 66.1 Å². The molecule has 148 valence electrons. The summed E-state index contributed by atoms with van der Waals surface area (Å²) in [5.74, 6) is -1.82. The Kier molecular flexibility index (Phi) is 6.73. The largest absolute Gasteiger partial charge is 0.478 e. The van der Waals surface area contributed by atoms with E-state index in [4.69, 9.17) is 5.11 Å². The van der Waals surface area contributed by atoms with Crippen LogP contribution < -0.4 is 5.32 Å². The molecule has 3 rings (SSSR count). The number of rotatable bonds is 7. The number of halogens is 1. The van der Waals surface area contributed by atoms with Crippen molar-refractivity contribution >= 4 is 11.9 Å². The van der Waals surface area contributed by atoms with Crippen LogP contribution in [0.2, 0.25) is 0 Å². The van der Waals surface area contributed by atoms with Crippen molar-refractivity contribution in [3.05, 3.63) is 71.0 Å². The molecule has 0 spiro atoms. The molecule has 1 aliphatic rings. The highest BCUT2D eigenvalue weighted by Gasteiger charge is 2.18. The fraction of sp³-hybridized carbons (Fsp3) is 0.333. The van der Waals surface area contributed by atoms with Crippen molar-refractivity contribution in [2.45, 2.75) is 6.54 Å². The SMILES string of the molecule is O=C(O)c1cccc(CN2CCN(CCNC(=O)c3ccccc3F)CC2)c1. The van der Waals surface area contributed by atoms with E-state index in [2.05, 4.69) is 15.1 Å². The van der Waals surface area contributed by atoms with Gasteiger partial charge in [0.25, 0.3) is 5.91 Å². The maximum absolute atomic E-state index is 13.6. The summed E-state index contributed by atoms with van der Waals surface area (Å²) in [6, 6.07) is 13.0. The van der Waals surface area contributed by atoms with Crippen LogP contribution in [0.15, 0.2) is 48.5 Å². The van der Waals surface area contributed by atoms with Crippen molar-refractivity contribution < 1.29 is 19.1 Å². The summed E-state index contributed by atoms with van der Waals surface area (Å²) in [7, 11) is 0. The van der Waals surface area contributed by atoms with Crippen molar-refractivity contribution in [2.24, 2.45) is 0 Å². The van der Waals surface area contributed by atoms with Gasteiger partial charge in [0.15, 0.2) is 0 Å². The van der Waals surface area contributed by atoms with E-state index in [1.165, 1.54) is 12.1 Å². The summed E-state index contributed by atoms with van der Waals surface area (Å²) < 4.78 is 13.6. The number of aromatic carboxylic acids is 1. The Bertz CT molecular complexity index is 835. The minimum absolute atomic E-state index is 0.0657. The molecule has 1 heterocycles. The smallest absolute Gasteiger partial charge is 0.335 e. The Labute approximate surface area is 163 Å². The normalized spacial score (nSPS) is 15.3. The number of piperazine rings is 1. The van der Waals surface area contributed by atoms with E-state index in [1.54, 1.807) is 30.3 Å². The lowest BCUT2D eigenvalue weighted by Crippen LogP contribution is -2.48. The topological polar surface area (TPSA) is 72.9 Å². The molecule has 0 bridgehead atoms. The van der Waals surface area contributed by atoms with Gasteiger partial charge in [0.2, 0.25) is 0 Å². The number of hydrogen-bond acceptors (Lipinski definition) is 4. The van der Waals surface area contributed by atoms with Gasteiger partial charge in [-0.25, -0.2) is 9.18 Å². The Morgan fingerprint density at radius 1 is 1.00 bits per heavy atom. The first-order chi connectivity index (χ1) is 13.5. The first-order valence-electron chi connectivity index (χ1n) is 9.32.